The fourth-order valence-corrected chi connectivity index (χ4v) is 4.92. The van der Waals surface area contributed by atoms with Crippen molar-refractivity contribution in [3.05, 3.63) is 46.8 Å². The average molecular weight is 456 g/mol. The van der Waals surface area contributed by atoms with E-state index in [9.17, 15) is 4.79 Å². The minimum absolute atomic E-state index is 0.0618. The van der Waals surface area contributed by atoms with E-state index in [2.05, 4.69) is 20.1 Å². The highest BCUT2D eigenvalue weighted by Crippen LogP contribution is 2.33. The SMILES string of the molecule is Cc1cc(C(=O)CSc2nnnn2CC2CCCO2)c(C)n1Cc1ccc2c(c1)OCO2. The van der Waals surface area contributed by atoms with Crippen molar-refractivity contribution in [2.45, 2.75) is 51.0 Å². The van der Waals surface area contributed by atoms with Crippen molar-refractivity contribution in [2.24, 2.45) is 0 Å². The number of ether oxygens (including phenoxy) is 3. The van der Waals surface area contributed by atoms with E-state index in [4.69, 9.17) is 14.2 Å². The summed E-state index contributed by atoms with van der Waals surface area (Å²) < 4.78 is 20.4. The Morgan fingerprint density at radius 3 is 2.94 bits per heavy atom. The number of rotatable bonds is 8. The first kappa shape index (κ1) is 21.0. The van der Waals surface area contributed by atoms with Crippen molar-refractivity contribution in [3.8, 4) is 11.5 Å². The third-order valence-electron chi connectivity index (χ3n) is 5.88. The van der Waals surface area contributed by atoms with Crippen LogP contribution >= 0.6 is 11.8 Å². The third kappa shape index (κ3) is 4.24. The van der Waals surface area contributed by atoms with Gasteiger partial charge < -0.3 is 18.8 Å². The number of fused-ring (bicyclic) bond motifs is 1. The highest BCUT2D eigenvalue weighted by molar-refractivity contribution is 7.99. The molecule has 0 N–H and O–H groups in total. The lowest BCUT2D eigenvalue weighted by Gasteiger charge is -2.11. The molecule has 1 unspecified atom stereocenters. The van der Waals surface area contributed by atoms with E-state index in [1.165, 1.54) is 11.8 Å². The molecule has 0 saturated carbocycles. The van der Waals surface area contributed by atoms with Gasteiger partial charge in [-0.2, -0.15) is 0 Å². The second-order valence-corrected chi connectivity index (χ2v) is 8.99. The highest BCUT2D eigenvalue weighted by Gasteiger charge is 2.21. The van der Waals surface area contributed by atoms with Gasteiger partial charge in [0.05, 0.1) is 18.4 Å². The Balaban J connectivity index is 1.25. The molecule has 0 radical (unpaired) electrons. The molecule has 2 aliphatic heterocycles. The Morgan fingerprint density at radius 1 is 1.22 bits per heavy atom. The standard InChI is InChI=1S/C22H25N5O4S/c1-14-8-18(15(2)26(14)10-16-5-6-20-21(9-16)31-13-30-20)19(28)12-32-22-23-24-25-27(22)11-17-4-3-7-29-17/h5-6,8-9,17H,3-4,7,10-13H2,1-2H3. The Kier molecular flexibility index (Phi) is 5.88. The lowest BCUT2D eigenvalue weighted by molar-refractivity contribution is 0.0912. The Hall–Kier alpha value is -2.85. The number of hydrogen-bond donors (Lipinski definition) is 0. The van der Waals surface area contributed by atoms with E-state index >= 15 is 0 Å². The predicted octanol–water partition coefficient (Wildman–Crippen LogP) is 3.02. The van der Waals surface area contributed by atoms with Gasteiger partial charge in [-0.3, -0.25) is 4.79 Å². The predicted molar refractivity (Wildman–Crippen MR) is 117 cm³/mol. The van der Waals surface area contributed by atoms with Crippen LogP contribution in [0.2, 0.25) is 0 Å². The van der Waals surface area contributed by atoms with Crippen molar-refractivity contribution in [1.29, 1.82) is 0 Å². The lowest BCUT2D eigenvalue weighted by atomic mass is 10.1. The first-order valence-corrected chi connectivity index (χ1v) is 11.7. The summed E-state index contributed by atoms with van der Waals surface area (Å²) in [6.07, 6.45) is 2.22. The number of ketones is 1. The fourth-order valence-electron chi connectivity index (χ4n) is 4.15. The van der Waals surface area contributed by atoms with Crippen LogP contribution in [0.5, 0.6) is 11.5 Å². The molecule has 32 heavy (non-hydrogen) atoms. The van der Waals surface area contributed by atoms with Crippen LogP contribution in [0.4, 0.5) is 0 Å². The van der Waals surface area contributed by atoms with Gasteiger partial charge in [-0.25, -0.2) is 4.68 Å². The molecule has 9 nitrogen and oxygen atoms in total. The number of benzene rings is 1. The normalized spacial score (nSPS) is 17.2. The van der Waals surface area contributed by atoms with Crippen molar-refractivity contribution in [3.63, 3.8) is 0 Å². The number of aryl methyl sites for hydroxylation is 1. The summed E-state index contributed by atoms with van der Waals surface area (Å²) in [5, 5.41) is 12.6. The number of carbonyl (C=O) groups is 1. The maximum absolute atomic E-state index is 13.0. The van der Waals surface area contributed by atoms with Gasteiger partial charge in [0.1, 0.15) is 0 Å². The minimum Gasteiger partial charge on any atom is -0.454 e. The number of hydrogen-bond acceptors (Lipinski definition) is 8. The first-order valence-electron chi connectivity index (χ1n) is 10.7. The second-order valence-electron chi connectivity index (χ2n) is 8.05. The van der Waals surface area contributed by atoms with Gasteiger partial charge in [0.25, 0.3) is 0 Å². The van der Waals surface area contributed by atoms with Gasteiger partial charge in [0.15, 0.2) is 17.3 Å². The van der Waals surface area contributed by atoms with Crippen molar-refractivity contribution >= 4 is 17.5 Å². The Morgan fingerprint density at radius 2 is 2.09 bits per heavy atom. The van der Waals surface area contributed by atoms with E-state index in [0.717, 1.165) is 53.5 Å². The molecule has 1 atom stereocenters. The molecule has 2 aromatic heterocycles. The zero-order valence-electron chi connectivity index (χ0n) is 18.1. The summed E-state index contributed by atoms with van der Waals surface area (Å²) in [5.74, 6) is 1.87. The molecule has 4 heterocycles. The molecule has 1 aromatic carbocycles. The molecule has 0 aliphatic carbocycles. The van der Waals surface area contributed by atoms with E-state index in [0.29, 0.717) is 18.2 Å². The highest BCUT2D eigenvalue weighted by atomic mass is 32.2. The fraction of sp³-hybridized carbons (Fsp3) is 0.455. The molecule has 2 aliphatic rings. The van der Waals surface area contributed by atoms with Crippen LogP contribution in [-0.4, -0.2) is 55.8 Å². The van der Waals surface area contributed by atoms with Crippen LogP contribution in [0.1, 0.15) is 40.2 Å². The summed E-state index contributed by atoms with van der Waals surface area (Å²) >= 11 is 1.36. The first-order chi connectivity index (χ1) is 15.6. The van der Waals surface area contributed by atoms with Crippen LogP contribution in [0.25, 0.3) is 0 Å². The monoisotopic (exact) mass is 455 g/mol. The van der Waals surface area contributed by atoms with Crippen LogP contribution in [0, 0.1) is 13.8 Å². The quantitative estimate of drug-likeness (QED) is 0.378. The van der Waals surface area contributed by atoms with Gasteiger partial charge in [0, 0.05) is 30.1 Å². The number of thioether (sulfide) groups is 1. The van der Waals surface area contributed by atoms with Crippen LogP contribution < -0.4 is 9.47 Å². The second kappa shape index (κ2) is 8.95. The largest absolute Gasteiger partial charge is 0.454 e. The van der Waals surface area contributed by atoms with Gasteiger partial charge in [-0.05, 0) is 60.9 Å². The van der Waals surface area contributed by atoms with Crippen LogP contribution in [0.3, 0.4) is 0 Å². The molecular weight excluding hydrogens is 430 g/mol. The lowest BCUT2D eigenvalue weighted by Crippen LogP contribution is -2.17. The topological polar surface area (TPSA) is 93.3 Å². The molecule has 0 amide bonds. The Labute approximate surface area is 190 Å². The molecule has 5 rings (SSSR count). The zero-order chi connectivity index (χ0) is 22.1. The van der Waals surface area contributed by atoms with Crippen molar-refractivity contribution in [1.82, 2.24) is 24.8 Å². The smallest absolute Gasteiger partial charge is 0.231 e. The molecule has 1 fully saturated rings. The average Bonchev–Trinajstić information content (AvgIpc) is 3.58. The van der Waals surface area contributed by atoms with Gasteiger partial charge >= 0.3 is 0 Å². The molecule has 0 bridgehead atoms. The van der Waals surface area contributed by atoms with Crippen molar-refractivity contribution < 1.29 is 19.0 Å². The third-order valence-corrected chi connectivity index (χ3v) is 6.84. The van der Waals surface area contributed by atoms with Crippen LogP contribution in [-0.2, 0) is 17.8 Å². The molecule has 1 saturated heterocycles. The van der Waals surface area contributed by atoms with Gasteiger partial charge in [0.2, 0.25) is 11.9 Å². The summed E-state index contributed by atoms with van der Waals surface area (Å²) in [4.78, 5) is 13.0. The number of tetrazole rings is 1. The molecule has 168 valence electrons. The number of nitrogens with zero attached hydrogens (tertiary/aromatic N) is 5. The maximum atomic E-state index is 13.0. The number of carbonyl (C=O) groups excluding carboxylic acids is 1. The molecule has 10 heteroatoms. The zero-order valence-corrected chi connectivity index (χ0v) is 18.9. The molecule has 3 aromatic rings. The van der Waals surface area contributed by atoms with Gasteiger partial charge in [-0.1, -0.05) is 17.8 Å². The summed E-state index contributed by atoms with van der Waals surface area (Å²) in [6.45, 7) is 6.33. The van der Waals surface area contributed by atoms with E-state index in [-0.39, 0.29) is 24.4 Å². The minimum atomic E-state index is 0.0618. The van der Waals surface area contributed by atoms with E-state index in [1.54, 1.807) is 4.68 Å². The van der Waals surface area contributed by atoms with Crippen molar-refractivity contribution in [2.75, 3.05) is 19.2 Å². The summed E-state index contributed by atoms with van der Waals surface area (Å²) in [5.41, 5.74) is 3.81. The maximum Gasteiger partial charge on any atom is 0.231 e. The number of Topliss-reactive ketones (excluding diaryl/α,β-unsaturated/α-hetero) is 1. The van der Waals surface area contributed by atoms with Crippen LogP contribution in [0.15, 0.2) is 29.4 Å². The van der Waals surface area contributed by atoms with E-state index in [1.807, 2.05) is 38.1 Å². The van der Waals surface area contributed by atoms with Gasteiger partial charge in [-0.15, -0.1) is 5.10 Å². The summed E-state index contributed by atoms with van der Waals surface area (Å²) in [6, 6.07) is 7.90. The summed E-state index contributed by atoms with van der Waals surface area (Å²) in [7, 11) is 0. The Bertz CT molecular complexity index is 1140. The van der Waals surface area contributed by atoms with E-state index < -0.39 is 0 Å². The number of aromatic nitrogens is 5. The molecule has 0 spiro atoms. The molecular formula is C22H25N5O4S.